The van der Waals surface area contributed by atoms with Crippen LogP contribution in [-0.2, 0) is 4.79 Å². The fourth-order valence-electron chi connectivity index (χ4n) is 2.87. The molecule has 98 valence electrons. The van der Waals surface area contributed by atoms with E-state index in [1.165, 1.54) is 6.33 Å². The van der Waals surface area contributed by atoms with Crippen molar-refractivity contribution in [3.63, 3.8) is 0 Å². The number of β-lactam (4-membered cyclic amide) rings is 1. The number of nitrogens with one attached hydrogen (secondary N) is 1. The SMILES string of the molecule is CC(O)C(c1ncno1)N1CC2(CCCN2)C1=O. The van der Waals surface area contributed by atoms with Crippen LogP contribution in [0.3, 0.4) is 0 Å². The Labute approximate surface area is 104 Å². The number of amides is 1. The third kappa shape index (κ3) is 1.54. The summed E-state index contributed by atoms with van der Waals surface area (Å²) in [5, 5.41) is 16.6. The lowest BCUT2D eigenvalue weighted by Gasteiger charge is -2.50. The Morgan fingerprint density at radius 3 is 3.00 bits per heavy atom. The van der Waals surface area contributed by atoms with Gasteiger partial charge in [0.1, 0.15) is 11.6 Å². The van der Waals surface area contributed by atoms with Crippen molar-refractivity contribution in [1.29, 1.82) is 0 Å². The van der Waals surface area contributed by atoms with Gasteiger partial charge in [0.05, 0.1) is 6.10 Å². The molecule has 2 N–H and O–H groups in total. The van der Waals surface area contributed by atoms with Gasteiger partial charge in [-0.2, -0.15) is 4.98 Å². The van der Waals surface area contributed by atoms with Crippen LogP contribution in [0.15, 0.2) is 10.9 Å². The summed E-state index contributed by atoms with van der Waals surface area (Å²) in [5.74, 6) is 0.301. The van der Waals surface area contributed by atoms with Gasteiger partial charge in [0.25, 0.3) is 5.89 Å². The zero-order chi connectivity index (χ0) is 12.8. The van der Waals surface area contributed by atoms with Crippen molar-refractivity contribution in [3.8, 4) is 0 Å². The molecule has 1 aromatic heterocycles. The summed E-state index contributed by atoms with van der Waals surface area (Å²) in [6.45, 7) is 3.08. The Balaban J connectivity index is 1.80. The fraction of sp³-hybridized carbons (Fsp3) is 0.727. The average molecular weight is 252 g/mol. The van der Waals surface area contributed by atoms with Gasteiger partial charge in [-0.1, -0.05) is 5.16 Å². The number of rotatable bonds is 3. The molecule has 0 aliphatic carbocycles. The molecule has 1 spiro atoms. The van der Waals surface area contributed by atoms with Crippen LogP contribution in [0.4, 0.5) is 0 Å². The predicted molar refractivity (Wildman–Crippen MR) is 60.4 cm³/mol. The molecule has 0 saturated carbocycles. The quantitative estimate of drug-likeness (QED) is 0.702. The fourth-order valence-corrected chi connectivity index (χ4v) is 2.87. The number of carbonyl (C=O) groups is 1. The van der Waals surface area contributed by atoms with Crippen molar-refractivity contribution < 1.29 is 14.4 Å². The number of likely N-dealkylation sites (tertiary alicyclic amines) is 1. The molecule has 2 fully saturated rings. The van der Waals surface area contributed by atoms with E-state index in [1.807, 2.05) is 0 Å². The molecule has 7 nitrogen and oxygen atoms in total. The van der Waals surface area contributed by atoms with Crippen molar-refractivity contribution in [2.24, 2.45) is 0 Å². The predicted octanol–water partition coefficient (Wildman–Crippen LogP) is -0.544. The van der Waals surface area contributed by atoms with E-state index in [0.717, 1.165) is 19.4 Å². The van der Waals surface area contributed by atoms with Gasteiger partial charge in [-0.3, -0.25) is 4.79 Å². The lowest BCUT2D eigenvalue weighted by atomic mass is 9.84. The molecule has 3 rings (SSSR count). The van der Waals surface area contributed by atoms with Gasteiger partial charge < -0.3 is 19.8 Å². The molecule has 1 amide bonds. The first kappa shape index (κ1) is 11.6. The number of hydrogen-bond donors (Lipinski definition) is 2. The van der Waals surface area contributed by atoms with Gasteiger partial charge in [0.15, 0.2) is 6.33 Å². The Hall–Kier alpha value is -1.47. The van der Waals surface area contributed by atoms with Crippen molar-refractivity contribution in [2.45, 2.75) is 37.5 Å². The Bertz CT molecular complexity index is 439. The Morgan fingerprint density at radius 1 is 1.67 bits per heavy atom. The summed E-state index contributed by atoms with van der Waals surface area (Å²) >= 11 is 0. The van der Waals surface area contributed by atoms with E-state index >= 15 is 0 Å². The molecular formula is C11H16N4O3. The third-order valence-electron chi connectivity index (χ3n) is 3.78. The number of aliphatic hydroxyl groups excluding tert-OH is 1. The Morgan fingerprint density at radius 2 is 2.50 bits per heavy atom. The summed E-state index contributed by atoms with van der Waals surface area (Å²) < 4.78 is 4.98. The molecule has 3 heterocycles. The second-order valence-corrected chi connectivity index (χ2v) is 5.01. The molecule has 0 bridgehead atoms. The maximum absolute atomic E-state index is 12.3. The van der Waals surface area contributed by atoms with E-state index in [9.17, 15) is 9.90 Å². The zero-order valence-corrected chi connectivity index (χ0v) is 10.2. The highest BCUT2D eigenvalue weighted by Gasteiger charge is 2.56. The molecule has 3 unspecified atom stereocenters. The molecule has 7 heteroatoms. The highest BCUT2D eigenvalue weighted by atomic mass is 16.5. The Kier molecular flexibility index (Phi) is 2.60. The topological polar surface area (TPSA) is 91.5 Å². The largest absolute Gasteiger partial charge is 0.391 e. The first-order valence-corrected chi connectivity index (χ1v) is 6.15. The van der Waals surface area contributed by atoms with Gasteiger partial charge in [-0.15, -0.1) is 0 Å². The number of hydrogen-bond acceptors (Lipinski definition) is 6. The first-order valence-electron chi connectivity index (χ1n) is 6.15. The highest BCUT2D eigenvalue weighted by molar-refractivity contribution is 5.93. The molecule has 0 aromatic carbocycles. The first-order chi connectivity index (χ1) is 8.64. The van der Waals surface area contributed by atoms with Crippen LogP contribution in [0.25, 0.3) is 0 Å². The normalized spacial score (nSPS) is 30.6. The molecule has 2 aliphatic heterocycles. The van der Waals surface area contributed by atoms with Crippen molar-refractivity contribution in [3.05, 3.63) is 12.2 Å². The van der Waals surface area contributed by atoms with Crippen LogP contribution < -0.4 is 5.32 Å². The lowest BCUT2D eigenvalue weighted by molar-refractivity contribution is -0.161. The minimum Gasteiger partial charge on any atom is -0.391 e. The summed E-state index contributed by atoms with van der Waals surface area (Å²) in [6, 6.07) is -0.548. The standard InChI is InChI=1S/C11H16N4O3/c1-7(16)8(9-12-6-14-18-9)15-5-11(10(15)17)3-2-4-13-11/h6-8,13,16H,2-5H2,1H3. The zero-order valence-electron chi connectivity index (χ0n) is 10.2. The second kappa shape index (κ2) is 4.03. The molecule has 2 aliphatic rings. The van der Waals surface area contributed by atoms with Crippen molar-refractivity contribution in [1.82, 2.24) is 20.4 Å². The minimum absolute atomic E-state index is 0.0177. The number of aromatic nitrogens is 2. The van der Waals surface area contributed by atoms with Gasteiger partial charge in [0.2, 0.25) is 5.91 Å². The van der Waals surface area contributed by atoms with E-state index in [1.54, 1.807) is 11.8 Å². The van der Waals surface area contributed by atoms with Gasteiger partial charge in [-0.05, 0) is 26.3 Å². The molecule has 0 radical (unpaired) electrons. The van der Waals surface area contributed by atoms with Crippen molar-refractivity contribution in [2.75, 3.05) is 13.1 Å². The number of carbonyl (C=O) groups excluding carboxylic acids is 1. The summed E-state index contributed by atoms with van der Waals surface area (Å²) in [4.78, 5) is 17.8. The third-order valence-corrected chi connectivity index (χ3v) is 3.78. The smallest absolute Gasteiger partial charge is 0.251 e. The molecule has 18 heavy (non-hydrogen) atoms. The van der Waals surface area contributed by atoms with Crippen LogP contribution in [0, 0.1) is 0 Å². The molecular weight excluding hydrogens is 236 g/mol. The molecule has 1 aromatic rings. The number of nitrogens with zero attached hydrogens (tertiary/aromatic N) is 3. The average Bonchev–Trinajstić information content (AvgIpc) is 2.99. The van der Waals surface area contributed by atoms with Crippen LogP contribution in [0.2, 0.25) is 0 Å². The molecule has 3 atom stereocenters. The van der Waals surface area contributed by atoms with Gasteiger partial charge in [0, 0.05) is 6.54 Å². The minimum atomic E-state index is -0.742. The summed E-state index contributed by atoms with van der Waals surface area (Å²) in [7, 11) is 0. The highest BCUT2D eigenvalue weighted by Crippen LogP contribution is 2.38. The van der Waals surface area contributed by atoms with E-state index in [0.29, 0.717) is 6.54 Å². The van der Waals surface area contributed by atoms with Gasteiger partial charge in [-0.25, -0.2) is 0 Å². The lowest BCUT2D eigenvalue weighted by Crippen LogP contribution is -2.72. The second-order valence-electron chi connectivity index (χ2n) is 5.01. The van der Waals surface area contributed by atoms with Crippen LogP contribution in [-0.4, -0.2) is 50.8 Å². The summed E-state index contributed by atoms with van der Waals surface area (Å²) in [5.41, 5.74) is -0.410. The maximum Gasteiger partial charge on any atom is 0.251 e. The van der Waals surface area contributed by atoms with Crippen LogP contribution >= 0.6 is 0 Å². The van der Waals surface area contributed by atoms with Crippen LogP contribution in [0.5, 0.6) is 0 Å². The maximum atomic E-state index is 12.3. The van der Waals surface area contributed by atoms with E-state index in [2.05, 4.69) is 15.5 Å². The number of aliphatic hydroxyl groups is 1. The summed E-state index contributed by atoms with van der Waals surface area (Å²) in [6.07, 6.45) is 2.41. The van der Waals surface area contributed by atoms with Crippen LogP contribution in [0.1, 0.15) is 31.7 Å². The van der Waals surface area contributed by atoms with Gasteiger partial charge >= 0.3 is 0 Å². The van der Waals surface area contributed by atoms with E-state index < -0.39 is 17.7 Å². The van der Waals surface area contributed by atoms with E-state index in [-0.39, 0.29) is 11.8 Å². The molecule has 2 saturated heterocycles. The van der Waals surface area contributed by atoms with Crippen molar-refractivity contribution >= 4 is 5.91 Å². The monoisotopic (exact) mass is 252 g/mol. The van der Waals surface area contributed by atoms with E-state index in [4.69, 9.17) is 4.52 Å².